The van der Waals surface area contributed by atoms with Gasteiger partial charge in [0, 0.05) is 29.4 Å². The van der Waals surface area contributed by atoms with Crippen molar-refractivity contribution in [3.63, 3.8) is 0 Å². The van der Waals surface area contributed by atoms with Gasteiger partial charge in [0.25, 0.3) is 5.91 Å². The number of amides is 1. The maximum atomic E-state index is 12.0. The van der Waals surface area contributed by atoms with Gasteiger partial charge in [-0.05, 0) is 48.5 Å². The molecule has 3 aromatic rings. The molecule has 0 fully saturated rings. The quantitative estimate of drug-likeness (QED) is 0.410. The van der Waals surface area contributed by atoms with Crippen LogP contribution in [-0.4, -0.2) is 25.0 Å². The Hall–Kier alpha value is -3.67. The summed E-state index contributed by atoms with van der Waals surface area (Å²) in [6.45, 7) is 0. The van der Waals surface area contributed by atoms with Crippen LogP contribution in [0.1, 0.15) is 15.9 Å². The number of hydrogen-bond donors (Lipinski definition) is 3. The molecule has 8 heteroatoms. The standard InChI is InChI=1S/C22H21N5O2S/c1-27(2)26-22(28)14-7-9-16(10-8-14)30-17-11-18(24)21(25)20(12-17)29-19-6-4-3-5-15(19)13-23/h3-12H,24-25H2,1-2H3,(H,26,28). The average Bonchev–Trinajstić information content (AvgIpc) is 2.72. The molecule has 3 rings (SSSR count). The zero-order valence-corrected chi connectivity index (χ0v) is 17.4. The molecule has 0 aliphatic rings. The number of hydrogen-bond acceptors (Lipinski definition) is 7. The van der Waals surface area contributed by atoms with E-state index in [-0.39, 0.29) is 5.91 Å². The topological polar surface area (TPSA) is 117 Å². The van der Waals surface area contributed by atoms with Gasteiger partial charge in [-0.25, -0.2) is 5.01 Å². The second kappa shape index (κ2) is 9.22. The Labute approximate surface area is 179 Å². The summed E-state index contributed by atoms with van der Waals surface area (Å²) < 4.78 is 5.88. The van der Waals surface area contributed by atoms with Gasteiger partial charge >= 0.3 is 0 Å². The number of hydrazine groups is 1. The van der Waals surface area contributed by atoms with Gasteiger partial charge in [-0.15, -0.1) is 0 Å². The fourth-order valence-corrected chi connectivity index (χ4v) is 3.51. The number of nitrogen functional groups attached to an aromatic ring is 2. The molecule has 0 heterocycles. The van der Waals surface area contributed by atoms with Crippen molar-refractivity contribution in [3.05, 3.63) is 71.8 Å². The van der Waals surface area contributed by atoms with Crippen LogP contribution in [0, 0.1) is 11.3 Å². The smallest absolute Gasteiger partial charge is 0.265 e. The van der Waals surface area contributed by atoms with Crippen molar-refractivity contribution >= 4 is 29.0 Å². The number of para-hydroxylation sites is 1. The monoisotopic (exact) mass is 419 g/mol. The number of ether oxygens (including phenoxy) is 1. The number of nitriles is 1. The Morgan fingerprint density at radius 3 is 2.40 bits per heavy atom. The third kappa shape index (κ3) is 5.03. The first-order valence-corrected chi connectivity index (χ1v) is 9.81. The number of nitrogens with two attached hydrogens (primary N) is 2. The molecule has 1 amide bonds. The SMILES string of the molecule is CN(C)NC(=O)c1ccc(Sc2cc(N)c(N)c(Oc3ccccc3C#N)c2)cc1. The average molecular weight is 420 g/mol. The summed E-state index contributed by atoms with van der Waals surface area (Å²) in [5, 5.41) is 10.8. The van der Waals surface area contributed by atoms with E-state index in [0.29, 0.717) is 34.0 Å². The largest absolute Gasteiger partial charge is 0.454 e. The van der Waals surface area contributed by atoms with Gasteiger partial charge in [0.05, 0.1) is 16.9 Å². The number of anilines is 2. The molecule has 30 heavy (non-hydrogen) atoms. The zero-order chi connectivity index (χ0) is 21.7. The number of nitrogens with one attached hydrogen (secondary N) is 1. The molecule has 0 aliphatic carbocycles. The first-order chi connectivity index (χ1) is 14.4. The third-order valence-corrected chi connectivity index (χ3v) is 5.03. The number of carbonyl (C=O) groups excluding carboxylic acids is 1. The molecule has 7 nitrogen and oxygen atoms in total. The minimum atomic E-state index is -0.180. The van der Waals surface area contributed by atoms with Gasteiger partial charge in [0.15, 0.2) is 5.75 Å². The molecule has 0 saturated carbocycles. The molecule has 0 aromatic heterocycles. The molecule has 0 saturated heterocycles. The lowest BCUT2D eigenvalue weighted by molar-refractivity contribution is 0.0857. The van der Waals surface area contributed by atoms with Crippen molar-refractivity contribution in [1.29, 1.82) is 5.26 Å². The number of benzene rings is 3. The van der Waals surface area contributed by atoms with Gasteiger partial charge in [0.1, 0.15) is 11.8 Å². The Morgan fingerprint density at radius 2 is 1.73 bits per heavy atom. The Kier molecular flexibility index (Phi) is 6.47. The van der Waals surface area contributed by atoms with Crippen molar-refractivity contribution in [1.82, 2.24) is 10.4 Å². The van der Waals surface area contributed by atoms with E-state index in [0.717, 1.165) is 9.79 Å². The van der Waals surface area contributed by atoms with Gasteiger partial charge < -0.3 is 16.2 Å². The number of rotatable bonds is 6. The van der Waals surface area contributed by atoms with Gasteiger partial charge in [0.2, 0.25) is 0 Å². The first-order valence-electron chi connectivity index (χ1n) is 8.99. The zero-order valence-electron chi connectivity index (χ0n) is 16.5. The lowest BCUT2D eigenvalue weighted by Gasteiger charge is -2.14. The van der Waals surface area contributed by atoms with E-state index in [1.807, 2.05) is 12.1 Å². The Bertz CT molecular complexity index is 1110. The predicted molar refractivity (Wildman–Crippen MR) is 118 cm³/mol. The first kappa shape index (κ1) is 21.0. The summed E-state index contributed by atoms with van der Waals surface area (Å²) in [7, 11) is 3.50. The molecule has 0 aliphatic heterocycles. The highest BCUT2D eigenvalue weighted by atomic mass is 32.2. The highest BCUT2D eigenvalue weighted by Crippen LogP contribution is 2.39. The van der Waals surface area contributed by atoms with Crippen molar-refractivity contribution in [2.75, 3.05) is 25.6 Å². The Balaban J connectivity index is 1.82. The number of nitrogens with zero attached hydrogens (tertiary/aromatic N) is 2. The summed E-state index contributed by atoms with van der Waals surface area (Å²) in [4.78, 5) is 13.8. The molecule has 5 N–H and O–H groups in total. The second-order valence-electron chi connectivity index (χ2n) is 6.60. The normalized spacial score (nSPS) is 10.5. The maximum absolute atomic E-state index is 12.0. The summed E-state index contributed by atoms with van der Waals surface area (Å²) in [5.74, 6) is 0.604. The van der Waals surface area contributed by atoms with E-state index >= 15 is 0 Å². The summed E-state index contributed by atoms with van der Waals surface area (Å²) in [6.07, 6.45) is 0. The van der Waals surface area contributed by atoms with Crippen molar-refractivity contribution < 1.29 is 9.53 Å². The summed E-state index contributed by atoms with van der Waals surface area (Å²) >= 11 is 1.46. The van der Waals surface area contributed by atoms with E-state index in [2.05, 4.69) is 11.5 Å². The van der Waals surface area contributed by atoms with Crippen LogP contribution in [0.4, 0.5) is 11.4 Å². The van der Waals surface area contributed by atoms with Crippen LogP contribution >= 0.6 is 11.8 Å². The van der Waals surface area contributed by atoms with Crippen LogP contribution in [-0.2, 0) is 0 Å². The van der Waals surface area contributed by atoms with Crippen LogP contribution < -0.4 is 21.6 Å². The lowest BCUT2D eigenvalue weighted by Crippen LogP contribution is -2.36. The highest BCUT2D eigenvalue weighted by molar-refractivity contribution is 7.99. The minimum Gasteiger partial charge on any atom is -0.454 e. The van der Waals surface area contributed by atoms with Crippen LogP contribution in [0.2, 0.25) is 0 Å². The molecular formula is C22H21N5O2S. The highest BCUT2D eigenvalue weighted by Gasteiger charge is 2.12. The van der Waals surface area contributed by atoms with E-state index in [1.54, 1.807) is 67.6 Å². The minimum absolute atomic E-state index is 0.180. The second-order valence-corrected chi connectivity index (χ2v) is 7.74. The van der Waals surface area contributed by atoms with Crippen LogP contribution in [0.25, 0.3) is 0 Å². The van der Waals surface area contributed by atoms with Crippen LogP contribution in [0.5, 0.6) is 11.5 Å². The Morgan fingerprint density at radius 1 is 1.03 bits per heavy atom. The molecule has 152 valence electrons. The third-order valence-electron chi connectivity index (χ3n) is 4.05. The van der Waals surface area contributed by atoms with E-state index in [1.165, 1.54) is 11.8 Å². The fraction of sp³-hybridized carbons (Fsp3) is 0.0909. The van der Waals surface area contributed by atoms with Gasteiger partial charge in [-0.3, -0.25) is 10.2 Å². The van der Waals surface area contributed by atoms with Crippen LogP contribution in [0.3, 0.4) is 0 Å². The molecule has 0 unspecified atom stereocenters. The molecular weight excluding hydrogens is 398 g/mol. The molecule has 0 atom stereocenters. The maximum Gasteiger partial charge on any atom is 0.265 e. The van der Waals surface area contributed by atoms with Crippen molar-refractivity contribution in [3.8, 4) is 17.6 Å². The number of carbonyl (C=O) groups is 1. The van der Waals surface area contributed by atoms with Crippen molar-refractivity contribution in [2.45, 2.75) is 9.79 Å². The van der Waals surface area contributed by atoms with E-state index in [4.69, 9.17) is 16.2 Å². The fourth-order valence-electron chi connectivity index (χ4n) is 2.61. The van der Waals surface area contributed by atoms with Crippen LogP contribution in [0.15, 0.2) is 70.5 Å². The predicted octanol–water partition coefficient (Wildman–Crippen LogP) is 3.87. The van der Waals surface area contributed by atoms with E-state index in [9.17, 15) is 10.1 Å². The molecule has 0 bridgehead atoms. The molecule has 0 spiro atoms. The van der Waals surface area contributed by atoms with Crippen molar-refractivity contribution in [2.24, 2.45) is 0 Å². The summed E-state index contributed by atoms with van der Waals surface area (Å²) in [6, 6.07) is 19.8. The summed E-state index contributed by atoms with van der Waals surface area (Å²) in [5.41, 5.74) is 16.5. The lowest BCUT2D eigenvalue weighted by atomic mass is 10.2. The molecule has 0 radical (unpaired) electrons. The van der Waals surface area contributed by atoms with Gasteiger partial charge in [-0.2, -0.15) is 5.26 Å². The molecule has 3 aromatic carbocycles. The van der Waals surface area contributed by atoms with Gasteiger partial charge in [-0.1, -0.05) is 23.9 Å². The van der Waals surface area contributed by atoms with E-state index < -0.39 is 0 Å².